The van der Waals surface area contributed by atoms with Crippen molar-refractivity contribution in [3.63, 3.8) is 0 Å². The lowest BCUT2D eigenvalue weighted by Crippen LogP contribution is -2.35. The van der Waals surface area contributed by atoms with Gasteiger partial charge in [-0.3, -0.25) is 4.79 Å². The monoisotopic (exact) mass is 410 g/mol. The molecule has 7 heteroatoms. The number of carbonyl (C=O) groups excluding carboxylic acids is 1. The molecule has 30 heavy (non-hydrogen) atoms. The summed E-state index contributed by atoms with van der Waals surface area (Å²) in [6.45, 7) is 2.19. The van der Waals surface area contributed by atoms with Crippen LogP contribution in [0.1, 0.15) is 17.9 Å². The number of oxazole rings is 1. The Labute approximate surface area is 175 Å². The molecular formula is C23H26N2O5. The van der Waals surface area contributed by atoms with Gasteiger partial charge < -0.3 is 24.3 Å². The molecule has 158 valence electrons. The van der Waals surface area contributed by atoms with Gasteiger partial charge in [0.15, 0.2) is 11.7 Å². The zero-order chi connectivity index (χ0) is 21.3. The number of aliphatic hydroxyl groups excluding tert-OH is 1. The summed E-state index contributed by atoms with van der Waals surface area (Å²) in [6, 6.07) is 15.0. The molecule has 0 spiro atoms. The lowest BCUT2D eigenvalue weighted by molar-refractivity contribution is -0.121. The molecule has 0 saturated heterocycles. The Morgan fingerprint density at radius 2 is 2.00 bits per heavy atom. The molecule has 1 atom stereocenters. The van der Waals surface area contributed by atoms with E-state index in [1.807, 2.05) is 55.5 Å². The Kier molecular flexibility index (Phi) is 7.45. The molecule has 0 bridgehead atoms. The first-order chi connectivity index (χ1) is 14.5. The van der Waals surface area contributed by atoms with E-state index in [9.17, 15) is 9.90 Å². The van der Waals surface area contributed by atoms with Crippen molar-refractivity contribution < 1.29 is 23.8 Å². The molecule has 0 fully saturated rings. The molecule has 3 aromatic rings. The fraction of sp³-hybridized carbons (Fsp3) is 0.304. The Hall–Kier alpha value is -3.32. The summed E-state index contributed by atoms with van der Waals surface area (Å²) in [5.41, 5.74) is 1.97. The van der Waals surface area contributed by atoms with Gasteiger partial charge in [0.2, 0.25) is 5.91 Å². The molecule has 1 amide bonds. The van der Waals surface area contributed by atoms with Gasteiger partial charge in [-0.05, 0) is 48.9 Å². The number of ether oxygens (including phenoxy) is 2. The van der Waals surface area contributed by atoms with Crippen molar-refractivity contribution in [2.45, 2.75) is 25.9 Å². The van der Waals surface area contributed by atoms with Crippen LogP contribution >= 0.6 is 0 Å². The molecular weight excluding hydrogens is 384 g/mol. The number of aliphatic hydroxyl groups is 1. The fourth-order valence-electron chi connectivity index (χ4n) is 2.81. The van der Waals surface area contributed by atoms with E-state index in [4.69, 9.17) is 13.9 Å². The lowest BCUT2D eigenvalue weighted by Gasteiger charge is -2.13. The van der Waals surface area contributed by atoms with Crippen LogP contribution in [-0.4, -0.2) is 42.4 Å². The second-order valence-electron chi connectivity index (χ2n) is 6.93. The summed E-state index contributed by atoms with van der Waals surface area (Å²) in [5.74, 6) is 2.39. The zero-order valence-corrected chi connectivity index (χ0v) is 17.1. The third kappa shape index (κ3) is 6.35. The van der Waals surface area contributed by atoms with Crippen molar-refractivity contribution in [2.75, 3.05) is 20.3 Å². The second kappa shape index (κ2) is 10.5. The van der Waals surface area contributed by atoms with Crippen molar-refractivity contribution in [1.82, 2.24) is 10.3 Å². The van der Waals surface area contributed by atoms with Crippen LogP contribution in [0.4, 0.5) is 0 Å². The van der Waals surface area contributed by atoms with Crippen LogP contribution in [0.3, 0.4) is 0 Å². The van der Waals surface area contributed by atoms with Crippen LogP contribution < -0.4 is 14.8 Å². The standard InChI is InChI=1S/C23H26N2O5/c1-16-4-3-5-20(12-16)29-15-18(26)13-24-22(27)10-11-23-25-14-21(30-23)17-6-8-19(28-2)9-7-17/h3-9,12,14,18,26H,10-11,13,15H2,1-2H3,(H,24,27). The summed E-state index contributed by atoms with van der Waals surface area (Å²) in [5, 5.41) is 12.7. The summed E-state index contributed by atoms with van der Waals surface area (Å²) < 4.78 is 16.4. The number of hydrogen-bond acceptors (Lipinski definition) is 6. The number of nitrogens with zero attached hydrogens (tertiary/aromatic N) is 1. The molecule has 0 aliphatic carbocycles. The highest BCUT2D eigenvalue weighted by Gasteiger charge is 2.11. The Bertz CT molecular complexity index is 952. The number of carbonyl (C=O) groups is 1. The van der Waals surface area contributed by atoms with Crippen molar-refractivity contribution in [1.29, 1.82) is 0 Å². The van der Waals surface area contributed by atoms with Crippen LogP contribution in [0.15, 0.2) is 59.1 Å². The largest absolute Gasteiger partial charge is 0.497 e. The summed E-state index contributed by atoms with van der Waals surface area (Å²) in [4.78, 5) is 16.3. The number of nitrogens with one attached hydrogen (secondary N) is 1. The lowest BCUT2D eigenvalue weighted by atomic mass is 10.2. The highest BCUT2D eigenvalue weighted by molar-refractivity contribution is 5.76. The number of methoxy groups -OCH3 is 1. The molecule has 1 unspecified atom stereocenters. The molecule has 3 rings (SSSR count). The molecule has 1 aromatic heterocycles. The quantitative estimate of drug-likeness (QED) is 0.533. The minimum absolute atomic E-state index is 0.106. The van der Waals surface area contributed by atoms with Crippen molar-refractivity contribution in [3.8, 4) is 22.8 Å². The van der Waals surface area contributed by atoms with Gasteiger partial charge in [0, 0.05) is 24.9 Å². The van der Waals surface area contributed by atoms with Gasteiger partial charge in [0.1, 0.15) is 24.2 Å². The molecule has 0 aliphatic heterocycles. The molecule has 2 N–H and O–H groups in total. The number of aryl methyl sites for hydroxylation is 2. The number of rotatable bonds is 10. The average Bonchev–Trinajstić information content (AvgIpc) is 3.24. The zero-order valence-electron chi connectivity index (χ0n) is 17.1. The predicted molar refractivity (Wildman–Crippen MR) is 113 cm³/mol. The van der Waals surface area contributed by atoms with Crippen molar-refractivity contribution >= 4 is 5.91 Å². The maximum Gasteiger partial charge on any atom is 0.220 e. The number of aromatic nitrogens is 1. The third-order valence-electron chi connectivity index (χ3n) is 4.46. The molecule has 7 nitrogen and oxygen atoms in total. The van der Waals surface area contributed by atoms with Crippen LogP contribution in [0, 0.1) is 6.92 Å². The number of hydrogen-bond donors (Lipinski definition) is 2. The maximum absolute atomic E-state index is 12.0. The van der Waals surface area contributed by atoms with E-state index in [-0.39, 0.29) is 25.5 Å². The molecule has 1 heterocycles. The average molecular weight is 410 g/mol. The van der Waals surface area contributed by atoms with E-state index in [2.05, 4.69) is 10.3 Å². The summed E-state index contributed by atoms with van der Waals surface area (Å²) in [7, 11) is 1.61. The molecule has 0 radical (unpaired) electrons. The van der Waals surface area contributed by atoms with E-state index in [1.165, 1.54) is 0 Å². The van der Waals surface area contributed by atoms with Crippen LogP contribution in [0.5, 0.6) is 11.5 Å². The van der Waals surface area contributed by atoms with E-state index >= 15 is 0 Å². The normalized spacial score (nSPS) is 11.7. The minimum Gasteiger partial charge on any atom is -0.497 e. The maximum atomic E-state index is 12.0. The van der Waals surface area contributed by atoms with Gasteiger partial charge in [0.25, 0.3) is 0 Å². The predicted octanol–water partition coefficient (Wildman–Crippen LogP) is 3.15. The first-order valence-electron chi connectivity index (χ1n) is 9.77. The Morgan fingerprint density at radius 3 is 2.73 bits per heavy atom. The Balaban J connectivity index is 1.38. The van der Waals surface area contributed by atoms with Crippen LogP contribution in [0.25, 0.3) is 11.3 Å². The fourth-order valence-corrected chi connectivity index (χ4v) is 2.81. The minimum atomic E-state index is -0.794. The Morgan fingerprint density at radius 1 is 1.20 bits per heavy atom. The van der Waals surface area contributed by atoms with Crippen LogP contribution in [-0.2, 0) is 11.2 Å². The highest BCUT2D eigenvalue weighted by atomic mass is 16.5. The molecule has 0 aliphatic rings. The summed E-state index contributed by atoms with van der Waals surface area (Å²) >= 11 is 0. The van der Waals surface area contributed by atoms with E-state index in [0.29, 0.717) is 23.8 Å². The van der Waals surface area contributed by atoms with Gasteiger partial charge >= 0.3 is 0 Å². The first-order valence-corrected chi connectivity index (χ1v) is 9.77. The van der Waals surface area contributed by atoms with Gasteiger partial charge in [0.05, 0.1) is 13.3 Å². The van der Waals surface area contributed by atoms with E-state index in [0.717, 1.165) is 16.9 Å². The summed E-state index contributed by atoms with van der Waals surface area (Å²) in [6.07, 6.45) is 1.44. The molecule has 2 aromatic carbocycles. The first kappa shape index (κ1) is 21.4. The van der Waals surface area contributed by atoms with Gasteiger partial charge in [-0.15, -0.1) is 0 Å². The highest BCUT2D eigenvalue weighted by Crippen LogP contribution is 2.23. The smallest absolute Gasteiger partial charge is 0.220 e. The second-order valence-corrected chi connectivity index (χ2v) is 6.93. The van der Waals surface area contributed by atoms with Gasteiger partial charge in [-0.25, -0.2) is 4.98 Å². The van der Waals surface area contributed by atoms with Crippen molar-refractivity contribution in [2.24, 2.45) is 0 Å². The van der Waals surface area contributed by atoms with E-state index in [1.54, 1.807) is 13.3 Å². The van der Waals surface area contributed by atoms with Gasteiger partial charge in [-0.1, -0.05) is 12.1 Å². The van der Waals surface area contributed by atoms with Gasteiger partial charge in [-0.2, -0.15) is 0 Å². The number of benzene rings is 2. The van der Waals surface area contributed by atoms with Crippen LogP contribution in [0.2, 0.25) is 0 Å². The SMILES string of the molecule is COc1ccc(-c2cnc(CCC(=O)NCC(O)COc3cccc(C)c3)o2)cc1. The topological polar surface area (TPSA) is 93.8 Å². The molecule has 0 saturated carbocycles. The third-order valence-corrected chi connectivity index (χ3v) is 4.46. The van der Waals surface area contributed by atoms with Crippen molar-refractivity contribution in [3.05, 3.63) is 66.2 Å². The number of amides is 1. The van der Waals surface area contributed by atoms with E-state index < -0.39 is 6.10 Å².